The molecular weight excluding hydrogens is 656 g/mol. The van der Waals surface area contributed by atoms with Crippen LogP contribution in [0.2, 0.25) is 5.02 Å². The van der Waals surface area contributed by atoms with Crippen molar-refractivity contribution in [1.29, 1.82) is 0 Å². The zero-order valence-electron chi connectivity index (χ0n) is 28.0. The van der Waals surface area contributed by atoms with Crippen LogP contribution < -0.4 is 10.6 Å². The van der Waals surface area contributed by atoms with Crippen LogP contribution in [0.1, 0.15) is 90.4 Å². The van der Waals surface area contributed by atoms with E-state index in [4.69, 9.17) is 21.1 Å². The molecule has 1 aromatic carbocycles. The number of carboxylic acids is 1. The zero-order chi connectivity index (χ0) is 35.0. The highest BCUT2D eigenvalue weighted by Crippen LogP contribution is 2.44. The molecule has 0 unspecified atom stereocenters. The average Bonchev–Trinajstić information content (AvgIpc) is 3.61. The van der Waals surface area contributed by atoms with E-state index in [1.807, 2.05) is 31.2 Å². The molecule has 2 aliphatic rings. The first-order valence-corrected chi connectivity index (χ1v) is 17.3. The summed E-state index contributed by atoms with van der Waals surface area (Å²) in [7, 11) is 0. The number of nitrogens with one attached hydrogen (secondary N) is 2. The van der Waals surface area contributed by atoms with Gasteiger partial charge in [-0.3, -0.25) is 4.79 Å². The zero-order valence-corrected chi connectivity index (χ0v) is 29.6. The maximum absolute atomic E-state index is 14.0. The predicted molar refractivity (Wildman–Crippen MR) is 183 cm³/mol. The molecular formula is C35H43ClN4O7S. The minimum absolute atomic E-state index is 0.263. The minimum Gasteiger partial charge on any atom is -0.479 e. The Hall–Kier alpha value is -3.58. The summed E-state index contributed by atoms with van der Waals surface area (Å²) < 4.78 is 11.6. The van der Waals surface area contributed by atoms with Crippen molar-refractivity contribution in [3.8, 4) is 0 Å². The number of halogens is 1. The standard InChI is InChI=1S/C35H43ClN4O7S/c1-18(2)35(32(43)44,40-33(45)47-34(4,5)6)27-13-23(11-21(27)16-41)39-31-26(15-37-17-38-31)29(42)28-14-24(19(3)48-28)30-25-12-22(36)8-7-20(25)9-10-46-30/h7-8,12,14-15,17-18,21,23,27,30,41H,9-11,13,16H2,1-6H3,(H,40,45)(H,43,44)(H,37,38,39)/t21-,23-,27-,30-,35-/m0/s1. The number of aryl methyl sites for hydroxylation is 1. The molecule has 1 amide bonds. The largest absolute Gasteiger partial charge is 0.479 e. The van der Waals surface area contributed by atoms with E-state index < -0.39 is 41.0 Å². The van der Waals surface area contributed by atoms with E-state index in [0.29, 0.717) is 28.7 Å². The number of ketones is 1. The molecule has 1 aliphatic heterocycles. The Bertz CT molecular complexity index is 1690. The highest BCUT2D eigenvalue weighted by molar-refractivity contribution is 7.14. The second-order valence-electron chi connectivity index (χ2n) is 13.9. The van der Waals surface area contributed by atoms with Crippen molar-refractivity contribution < 1.29 is 34.1 Å². The Labute approximate surface area is 289 Å². The Morgan fingerprint density at radius 3 is 2.58 bits per heavy atom. The number of carbonyl (C=O) groups is 3. The van der Waals surface area contributed by atoms with Gasteiger partial charge < -0.3 is 30.3 Å². The van der Waals surface area contributed by atoms with Gasteiger partial charge in [0.25, 0.3) is 0 Å². The fraction of sp³-hybridized carbons (Fsp3) is 0.514. The molecule has 258 valence electrons. The van der Waals surface area contributed by atoms with Gasteiger partial charge >= 0.3 is 12.1 Å². The van der Waals surface area contributed by atoms with Crippen LogP contribution in [-0.4, -0.2) is 68.4 Å². The monoisotopic (exact) mass is 698 g/mol. The predicted octanol–water partition coefficient (Wildman–Crippen LogP) is 6.20. The third-order valence-electron chi connectivity index (χ3n) is 9.29. The number of rotatable bonds is 10. The number of benzene rings is 1. The van der Waals surface area contributed by atoms with Crippen LogP contribution in [0, 0.1) is 24.7 Å². The molecule has 0 saturated heterocycles. The van der Waals surface area contributed by atoms with Gasteiger partial charge in [-0.05, 0) is 93.7 Å². The number of aliphatic carboxylic acids is 1. The summed E-state index contributed by atoms with van der Waals surface area (Å²) in [6.45, 7) is 10.8. The number of fused-ring (bicyclic) bond motifs is 1. The van der Waals surface area contributed by atoms with E-state index >= 15 is 0 Å². The van der Waals surface area contributed by atoms with Gasteiger partial charge in [-0.2, -0.15) is 0 Å². The lowest BCUT2D eigenvalue weighted by atomic mass is 9.70. The summed E-state index contributed by atoms with van der Waals surface area (Å²) in [6, 6.07) is 7.31. The summed E-state index contributed by atoms with van der Waals surface area (Å²) >= 11 is 7.69. The van der Waals surface area contributed by atoms with E-state index in [0.717, 1.165) is 22.4 Å². The fourth-order valence-corrected chi connectivity index (χ4v) is 8.26. The number of aliphatic hydroxyl groups is 1. The van der Waals surface area contributed by atoms with Crippen LogP contribution in [0.4, 0.5) is 10.6 Å². The smallest absolute Gasteiger partial charge is 0.408 e. The third-order valence-corrected chi connectivity index (χ3v) is 10.6. The van der Waals surface area contributed by atoms with Crippen molar-refractivity contribution >= 4 is 46.6 Å². The molecule has 3 aromatic rings. The molecule has 1 fully saturated rings. The first kappa shape index (κ1) is 35.7. The molecule has 1 aliphatic carbocycles. The van der Waals surface area contributed by atoms with Crippen molar-refractivity contribution in [3.63, 3.8) is 0 Å². The van der Waals surface area contributed by atoms with Crippen molar-refractivity contribution in [2.75, 3.05) is 18.5 Å². The lowest BCUT2D eigenvalue weighted by Gasteiger charge is -2.41. The molecule has 4 N–H and O–H groups in total. The molecule has 2 aromatic heterocycles. The van der Waals surface area contributed by atoms with Crippen molar-refractivity contribution in [2.45, 2.75) is 84.1 Å². The molecule has 48 heavy (non-hydrogen) atoms. The van der Waals surface area contributed by atoms with Gasteiger partial charge in [0.2, 0.25) is 5.78 Å². The Morgan fingerprint density at radius 2 is 1.92 bits per heavy atom. The fourth-order valence-electron chi connectivity index (χ4n) is 7.08. The Morgan fingerprint density at radius 1 is 1.17 bits per heavy atom. The Kier molecular flexibility index (Phi) is 10.5. The molecule has 1 saturated carbocycles. The number of thiophene rings is 1. The van der Waals surface area contributed by atoms with Crippen LogP contribution in [0.15, 0.2) is 36.8 Å². The number of amides is 1. The van der Waals surface area contributed by atoms with Gasteiger partial charge in [0, 0.05) is 34.7 Å². The summed E-state index contributed by atoms with van der Waals surface area (Å²) in [5.41, 5.74) is 0.778. The summed E-state index contributed by atoms with van der Waals surface area (Å²) in [4.78, 5) is 49.9. The minimum atomic E-state index is -1.72. The van der Waals surface area contributed by atoms with E-state index in [9.17, 15) is 24.6 Å². The second kappa shape index (κ2) is 14.1. The number of hydrogen-bond acceptors (Lipinski definition) is 10. The molecule has 13 heteroatoms. The maximum atomic E-state index is 14.0. The average molecular weight is 699 g/mol. The number of anilines is 1. The van der Waals surface area contributed by atoms with Gasteiger partial charge in [0.1, 0.15) is 29.4 Å². The van der Waals surface area contributed by atoms with Crippen molar-refractivity contribution in [2.24, 2.45) is 17.8 Å². The SMILES string of the molecule is Cc1sc(C(=O)c2cncnc2N[C@H]2C[C@@H](CO)[C@@H]([C@](NC(=O)OC(C)(C)C)(C(=O)O)C(C)C)C2)cc1[C@@H]1OCCc2ccc(Cl)cc21. The number of aromatic nitrogens is 2. The highest BCUT2D eigenvalue weighted by atomic mass is 35.5. The topological polar surface area (TPSA) is 160 Å². The number of carboxylic acid groups (broad SMARTS) is 1. The molecule has 5 atom stereocenters. The van der Waals surface area contributed by atoms with E-state index in [-0.39, 0.29) is 36.5 Å². The highest BCUT2D eigenvalue weighted by Gasteiger charge is 2.56. The van der Waals surface area contributed by atoms with Crippen LogP contribution >= 0.6 is 22.9 Å². The van der Waals surface area contributed by atoms with Crippen LogP contribution in [0.25, 0.3) is 0 Å². The molecule has 3 heterocycles. The van der Waals surface area contributed by atoms with Gasteiger partial charge in [-0.25, -0.2) is 19.6 Å². The summed E-state index contributed by atoms with van der Waals surface area (Å²) in [5.74, 6) is -2.82. The Balaban J connectivity index is 1.40. The quantitative estimate of drug-likeness (QED) is 0.180. The third kappa shape index (κ3) is 7.22. The lowest BCUT2D eigenvalue weighted by molar-refractivity contribution is -0.151. The van der Waals surface area contributed by atoms with Gasteiger partial charge in [0.05, 0.1) is 17.0 Å². The number of hydrogen-bond donors (Lipinski definition) is 4. The van der Waals surface area contributed by atoms with E-state index in [2.05, 4.69) is 20.6 Å². The van der Waals surface area contributed by atoms with Crippen LogP contribution in [0.3, 0.4) is 0 Å². The molecule has 0 bridgehead atoms. The van der Waals surface area contributed by atoms with Crippen molar-refractivity contribution in [1.82, 2.24) is 15.3 Å². The lowest BCUT2D eigenvalue weighted by Crippen LogP contribution is -2.64. The molecule has 11 nitrogen and oxygen atoms in total. The number of ether oxygens (including phenoxy) is 2. The van der Waals surface area contributed by atoms with E-state index in [1.165, 1.54) is 29.4 Å². The van der Waals surface area contributed by atoms with Gasteiger partial charge in [-0.15, -0.1) is 11.3 Å². The van der Waals surface area contributed by atoms with Crippen LogP contribution in [0.5, 0.6) is 0 Å². The second-order valence-corrected chi connectivity index (χ2v) is 15.6. The maximum Gasteiger partial charge on any atom is 0.408 e. The van der Waals surface area contributed by atoms with Crippen molar-refractivity contribution in [3.05, 3.63) is 73.8 Å². The number of alkyl carbamates (subject to hydrolysis) is 1. The number of carbonyl (C=O) groups excluding carboxylic acids is 2. The van der Waals surface area contributed by atoms with E-state index in [1.54, 1.807) is 34.6 Å². The van der Waals surface area contributed by atoms with Crippen LogP contribution in [-0.2, 0) is 20.7 Å². The summed E-state index contributed by atoms with van der Waals surface area (Å²) in [5, 5.41) is 27.6. The number of nitrogens with zero attached hydrogens (tertiary/aromatic N) is 2. The first-order chi connectivity index (χ1) is 22.6. The first-order valence-electron chi connectivity index (χ1n) is 16.1. The molecule has 0 radical (unpaired) electrons. The molecule has 5 rings (SSSR count). The number of aliphatic hydroxyl groups excluding tert-OH is 1. The summed E-state index contributed by atoms with van der Waals surface area (Å²) in [6.07, 6.45) is 3.09. The normalized spacial score (nSPS) is 22.1. The van der Waals surface area contributed by atoms with Gasteiger partial charge in [0.15, 0.2) is 0 Å². The molecule has 0 spiro atoms. The van der Waals surface area contributed by atoms with Gasteiger partial charge in [-0.1, -0.05) is 31.5 Å².